The summed E-state index contributed by atoms with van der Waals surface area (Å²) in [5.41, 5.74) is 6.35. The molecule has 0 radical (unpaired) electrons. The minimum absolute atomic E-state index is 0.102. The Morgan fingerprint density at radius 2 is 2.05 bits per heavy atom. The fourth-order valence-corrected chi connectivity index (χ4v) is 4.88. The van der Waals surface area contributed by atoms with E-state index in [0.29, 0.717) is 24.6 Å². The van der Waals surface area contributed by atoms with Crippen LogP contribution in [0, 0.1) is 17.7 Å². The first-order valence-electron chi connectivity index (χ1n) is 7.04. The Hall–Kier alpha value is -0.690. The minimum Gasteiger partial charge on any atom is -0.326 e. The molecule has 1 saturated carbocycles. The highest BCUT2D eigenvalue weighted by atomic mass is 35.5. The maximum Gasteiger partial charge on any atom is 0.218 e. The fraction of sp³-hybridized carbons (Fsp3) is 0.571. The molecule has 2 N–H and O–H groups in total. The second-order valence-corrected chi connectivity index (χ2v) is 8.35. The summed E-state index contributed by atoms with van der Waals surface area (Å²) in [6.45, 7) is 0.817. The highest BCUT2D eigenvalue weighted by Gasteiger charge is 2.44. The molecule has 3 rings (SSSR count). The van der Waals surface area contributed by atoms with Gasteiger partial charge in [0.15, 0.2) is 0 Å². The predicted molar refractivity (Wildman–Crippen MR) is 79.8 cm³/mol. The van der Waals surface area contributed by atoms with Crippen LogP contribution in [0.1, 0.15) is 18.4 Å². The Labute approximate surface area is 129 Å². The highest BCUT2D eigenvalue weighted by molar-refractivity contribution is 7.88. The van der Waals surface area contributed by atoms with Gasteiger partial charge in [0.05, 0.1) is 5.75 Å². The number of hydrogen-bond donors (Lipinski definition) is 1. The van der Waals surface area contributed by atoms with Crippen LogP contribution in [0.5, 0.6) is 0 Å². The number of nitrogens with two attached hydrogens (primary N) is 1. The van der Waals surface area contributed by atoms with Crippen LogP contribution < -0.4 is 5.73 Å². The fourth-order valence-electron chi connectivity index (χ4n) is 3.01. The summed E-state index contributed by atoms with van der Waals surface area (Å²) in [4.78, 5) is 0. The van der Waals surface area contributed by atoms with Crippen LogP contribution in [0.4, 0.5) is 4.39 Å². The van der Waals surface area contributed by atoms with E-state index in [4.69, 9.17) is 17.3 Å². The van der Waals surface area contributed by atoms with Crippen LogP contribution in [0.2, 0.25) is 5.02 Å². The van der Waals surface area contributed by atoms with E-state index in [0.717, 1.165) is 12.8 Å². The number of rotatable bonds is 4. The van der Waals surface area contributed by atoms with E-state index in [1.165, 1.54) is 22.5 Å². The topological polar surface area (TPSA) is 63.4 Å². The largest absolute Gasteiger partial charge is 0.326 e. The van der Waals surface area contributed by atoms with Crippen molar-refractivity contribution in [3.8, 4) is 0 Å². The Morgan fingerprint density at radius 3 is 2.71 bits per heavy atom. The lowest BCUT2D eigenvalue weighted by Crippen LogP contribution is -2.33. The van der Waals surface area contributed by atoms with Crippen molar-refractivity contribution in [1.82, 2.24) is 4.31 Å². The van der Waals surface area contributed by atoms with Crippen LogP contribution in [-0.4, -0.2) is 31.9 Å². The summed E-state index contributed by atoms with van der Waals surface area (Å²) < 4.78 is 39.7. The first kappa shape index (κ1) is 15.2. The molecule has 0 unspecified atom stereocenters. The first-order valence-corrected chi connectivity index (χ1v) is 9.03. The van der Waals surface area contributed by atoms with Gasteiger partial charge in [0.25, 0.3) is 0 Å². The Morgan fingerprint density at radius 1 is 1.33 bits per heavy atom. The van der Waals surface area contributed by atoms with Gasteiger partial charge >= 0.3 is 0 Å². The molecule has 1 saturated heterocycles. The molecule has 2 aliphatic rings. The molecule has 0 bridgehead atoms. The summed E-state index contributed by atoms with van der Waals surface area (Å²) in [6, 6.07) is 3.67. The molecule has 1 aliphatic heterocycles. The van der Waals surface area contributed by atoms with Crippen molar-refractivity contribution in [3.63, 3.8) is 0 Å². The van der Waals surface area contributed by atoms with Gasteiger partial charge in [-0.25, -0.2) is 12.8 Å². The second kappa shape index (κ2) is 5.50. The van der Waals surface area contributed by atoms with E-state index >= 15 is 0 Å². The Balaban J connectivity index is 1.76. The van der Waals surface area contributed by atoms with E-state index in [9.17, 15) is 12.8 Å². The molecule has 4 nitrogen and oxygen atoms in total. The van der Waals surface area contributed by atoms with Gasteiger partial charge in [0.2, 0.25) is 10.0 Å². The van der Waals surface area contributed by atoms with Crippen molar-refractivity contribution in [2.24, 2.45) is 17.6 Å². The van der Waals surface area contributed by atoms with Crippen LogP contribution in [0.3, 0.4) is 0 Å². The van der Waals surface area contributed by atoms with Crippen molar-refractivity contribution < 1.29 is 12.8 Å². The third-order valence-electron chi connectivity index (χ3n) is 4.35. The molecule has 1 heterocycles. The van der Waals surface area contributed by atoms with E-state index in [2.05, 4.69) is 0 Å². The molecule has 21 heavy (non-hydrogen) atoms. The third-order valence-corrected chi connectivity index (χ3v) is 6.47. The van der Waals surface area contributed by atoms with Crippen LogP contribution in [-0.2, 0) is 15.8 Å². The second-order valence-electron chi connectivity index (χ2n) is 5.97. The summed E-state index contributed by atoms with van der Waals surface area (Å²) in [7, 11) is -3.52. The molecule has 116 valence electrons. The molecule has 1 aromatic rings. The summed E-state index contributed by atoms with van der Waals surface area (Å²) in [6.07, 6.45) is 2.28. The zero-order valence-electron chi connectivity index (χ0n) is 11.5. The molecule has 2 atom stereocenters. The zero-order valence-corrected chi connectivity index (χ0v) is 13.1. The summed E-state index contributed by atoms with van der Waals surface area (Å²) in [5.74, 6) is 0.0487. The van der Waals surface area contributed by atoms with Crippen molar-refractivity contribution in [1.29, 1.82) is 0 Å². The molecule has 0 spiro atoms. The quantitative estimate of drug-likeness (QED) is 0.917. The number of nitrogens with zero attached hydrogens (tertiary/aromatic N) is 1. The van der Waals surface area contributed by atoms with Gasteiger partial charge in [-0.1, -0.05) is 11.6 Å². The van der Waals surface area contributed by atoms with Crippen molar-refractivity contribution in [2.45, 2.75) is 24.6 Å². The standard InChI is InChI=1S/C14H18ClFN2O2S/c15-13-4-3-11(16)5-10(13)8-21(19,20)18-6-12(9-1-2-9)14(17)7-18/h3-5,9,12,14H,1-2,6-8,17H2/t12-,14+/m0/s1. The minimum atomic E-state index is -3.52. The monoisotopic (exact) mass is 332 g/mol. The lowest BCUT2D eigenvalue weighted by Gasteiger charge is -2.17. The Bertz CT molecular complexity index is 648. The average Bonchev–Trinajstić information content (AvgIpc) is 3.16. The maximum absolute atomic E-state index is 13.3. The van der Waals surface area contributed by atoms with Crippen molar-refractivity contribution in [2.75, 3.05) is 13.1 Å². The van der Waals surface area contributed by atoms with Gasteiger partial charge in [0, 0.05) is 24.2 Å². The number of sulfonamides is 1. The van der Waals surface area contributed by atoms with Crippen molar-refractivity contribution >= 4 is 21.6 Å². The molecular weight excluding hydrogens is 315 g/mol. The zero-order chi connectivity index (χ0) is 15.2. The average molecular weight is 333 g/mol. The molecule has 2 fully saturated rings. The van der Waals surface area contributed by atoms with E-state index in [-0.39, 0.29) is 22.7 Å². The van der Waals surface area contributed by atoms with Gasteiger partial charge in [-0.05, 0) is 48.4 Å². The Kier molecular flexibility index (Phi) is 3.98. The highest BCUT2D eigenvalue weighted by Crippen LogP contribution is 2.41. The molecule has 7 heteroatoms. The first-order chi connectivity index (χ1) is 9.87. The summed E-state index contributed by atoms with van der Waals surface area (Å²) >= 11 is 5.95. The lowest BCUT2D eigenvalue weighted by molar-refractivity contribution is 0.427. The van der Waals surface area contributed by atoms with E-state index in [1.807, 2.05) is 0 Å². The number of hydrogen-bond acceptors (Lipinski definition) is 3. The molecule has 0 amide bonds. The molecule has 0 aromatic heterocycles. The summed E-state index contributed by atoms with van der Waals surface area (Å²) in [5, 5.41) is 0.266. The van der Waals surface area contributed by atoms with Crippen LogP contribution in [0.15, 0.2) is 18.2 Å². The van der Waals surface area contributed by atoms with Gasteiger partial charge in [0.1, 0.15) is 5.82 Å². The number of halogens is 2. The SMILES string of the molecule is N[C@@H]1CN(S(=O)(=O)Cc2cc(F)ccc2Cl)C[C@H]1C1CC1. The van der Waals surface area contributed by atoms with Gasteiger partial charge in [-0.3, -0.25) is 0 Å². The van der Waals surface area contributed by atoms with Gasteiger partial charge in [-0.2, -0.15) is 4.31 Å². The molecule has 1 aromatic carbocycles. The predicted octanol–water partition coefficient (Wildman–Crippen LogP) is 1.98. The van der Waals surface area contributed by atoms with Gasteiger partial charge < -0.3 is 5.73 Å². The number of benzene rings is 1. The third kappa shape index (κ3) is 3.23. The van der Waals surface area contributed by atoms with Gasteiger partial charge in [-0.15, -0.1) is 0 Å². The van der Waals surface area contributed by atoms with Crippen LogP contribution >= 0.6 is 11.6 Å². The normalized spacial score (nSPS) is 27.2. The molecular formula is C14H18ClFN2O2S. The smallest absolute Gasteiger partial charge is 0.218 e. The lowest BCUT2D eigenvalue weighted by atomic mass is 9.99. The van der Waals surface area contributed by atoms with E-state index in [1.54, 1.807) is 0 Å². The van der Waals surface area contributed by atoms with E-state index < -0.39 is 15.8 Å². The van der Waals surface area contributed by atoms with Crippen molar-refractivity contribution in [3.05, 3.63) is 34.6 Å². The maximum atomic E-state index is 13.3. The molecule has 1 aliphatic carbocycles. The van der Waals surface area contributed by atoms with Crippen LogP contribution in [0.25, 0.3) is 0 Å².